The van der Waals surface area contributed by atoms with Crippen molar-refractivity contribution in [2.75, 3.05) is 7.05 Å². The van der Waals surface area contributed by atoms with Gasteiger partial charge in [-0.05, 0) is 38.8 Å². The number of benzene rings is 1. The molecule has 0 fully saturated rings. The Morgan fingerprint density at radius 3 is 2.58 bits per heavy atom. The van der Waals surface area contributed by atoms with Crippen LogP contribution in [0.4, 0.5) is 0 Å². The summed E-state index contributed by atoms with van der Waals surface area (Å²) in [6, 6.07) is 10.0. The minimum atomic E-state index is -0.208. The quantitative estimate of drug-likeness (QED) is 0.469. The second-order valence-electron chi connectivity index (χ2n) is 6.48. The molecule has 0 N–H and O–H groups in total. The van der Waals surface area contributed by atoms with Crippen LogP contribution in [0.5, 0.6) is 0 Å². The highest BCUT2D eigenvalue weighted by atomic mass is 32.2. The number of thioether (sulfide) groups is 1. The number of amides is 1. The molecule has 0 saturated heterocycles. The van der Waals surface area contributed by atoms with Crippen LogP contribution in [0.25, 0.3) is 10.2 Å². The number of aromatic nitrogens is 2. The summed E-state index contributed by atoms with van der Waals surface area (Å²) >= 11 is 3.22. The molecule has 0 radical (unpaired) electrons. The predicted molar refractivity (Wildman–Crippen MR) is 110 cm³/mol. The van der Waals surface area contributed by atoms with Crippen molar-refractivity contribution in [3.05, 3.63) is 52.2 Å². The van der Waals surface area contributed by atoms with Gasteiger partial charge in [0.1, 0.15) is 15.7 Å². The van der Waals surface area contributed by atoms with Gasteiger partial charge in [0.15, 0.2) is 0 Å². The highest BCUT2D eigenvalue weighted by Gasteiger charge is 2.22. The second-order valence-corrected chi connectivity index (χ2v) is 9.01. The molecule has 2 heterocycles. The summed E-state index contributed by atoms with van der Waals surface area (Å²) in [4.78, 5) is 26.1. The summed E-state index contributed by atoms with van der Waals surface area (Å²) in [6.07, 6.45) is 0. The molecule has 136 valence electrons. The van der Waals surface area contributed by atoms with E-state index in [1.165, 1.54) is 22.2 Å². The first kappa shape index (κ1) is 18.9. The first-order valence-electron chi connectivity index (χ1n) is 8.56. The van der Waals surface area contributed by atoms with Gasteiger partial charge in [0.2, 0.25) is 5.91 Å². The Morgan fingerprint density at radius 2 is 1.88 bits per heavy atom. The van der Waals surface area contributed by atoms with Crippen LogP contribution in [0.2, 0.25) is 0 Å². The number of aryl methyl sites for hydroxylation is 3. The first-order valence-corrected chi connectivity index (χ1v) is 10.3. The number of carbonyl (C=O) groups excluding carboxylic acids is 1. The Bertz CT molecular complexity index is 937. The van der Waals surface area contributed by atoms with E-state index < -0.39 is 0 Å². The van der Waals surface area contributed by atoms with Crippen molar-refractivity contribution in [3.63, 3.8) is 0 Å². The molecule has 3 aromatic rings. The molecule has 0 aliphatic heterocycles. The van der Waals surface area contributed by atoms with Crippen molar-refractivity contribution in [2.45, 2.75) is 44.5 Å². The van der Waals surface area contributed by atoms with Crippen LogP contribution in [-0.2, 0) is 11.3 Å². The summed E-state index contributed by atoms with van der Waals surface area (Å²) in [5.74, 6) is 0.853. The lowest BCUT2D eigenvalue weighted by atomic mass is 10.2. The van der Waals surface area contributed by atoms with Crippen molar-refractivity contribution < 1.29 is 4.79 Å². The number of hydrogen-bond donors (Lipinski definition) is 0. The van der Waals surface area contributed by atoms with Gasteiger partial charge in [0, 0.05) is 23.9 Å². The van der Waals surface area contributed by atoms with Crippen LogP contribution in [0, 0.1) is 20.8 Å². The van der Waals surface area contributed by atoms with Gasteiger partial charge >= 0.3 is 0 Å². The molecule has 3 rings (SSSR count). The molecule has 0 saturated carbocycles. The SMILES string of the molecule is Cc1nc(S[C@H](C)C(=O)N(C)Cc2ccccc2)c2c(C)c(C)sc2n1. The molecule has 1 amide bonds. The zero-order valence-electron chi connectivity index (χ0n) is 15.7. The topological polar surface area (TPSA) is 46.1 Å². The van der Waals surface area contributed by atoms with Gasteiger partial charge in [-0.15, -0.1) is 11.3 Å². The van der Waals surface area contributed by atoms with Crippen LogP contribution < -0.4 is 0 Å². The van der Waals surface area contributed by atoms with E-state index in [1.54, 1.807) is 16.2 Å². The fraction of sp³-hybridized carbons (Fsp3) is 0.350. The summed E-state index contributed by atoms with van der Waals surface area (Å²) in [7, 11) is 1.85. The summed E-state index contributed by atoms with van der Waals surface area (Å²) in [5, 5.41) is 1.79. The average molecular weight is 386 g/mol. The fourth-order valence-corrected chi connectivity index (χ4v) is 5.17. The van der Waals surface area contributed by atoms with Crippen molar-refractivity contribution in [1.82, 2.24) is 14.9 Å². The standard InChI is InChI=1S/C20H23N3OS2/c1-12-13(2)25-18-17(12)19(22-15(4)21-18)26-14(3)20(24)23(5)11-16-9-7-6-8-10-16/h6-10,14H,11H2,1-5H3/t14-/m1/s1. The molecule has 1 aromatic carbocycles. The van der Waals surface area contributed by atoms with Gasteiger partial charge < -0.3 is 4.90 Å². The largest absolute Gasteiger partial charge is 0.340 e. The average Bonchev–Trinajstić information content (AvgIpc) is 2.89. The van der Waals surface area contributed by atoms with E-state index in [-0.39, 0.29) is 11.2 Å². The Hall–Kier alpha value is -1.92. The third kappa shape index (κ3) is 3.91. The van der Waals surface area contributed by atoms with E-state index in [1.807, 2.05) is 51.2 Å². The van der Waals surface area contributed by atoms with Crippen molar-refractivity contribution in [2.24, 2.45) is 0 Å². The van der Waals surface area contributed by atoms with Gasteiger partial charge in [-0.2, -0.15) is 0 Å². The maximum absolute atomic E-state index is 12.8. The van der Waals surface area contributed by atoms with Gasteiger partial charge in [-0.3, -0.25) is 4.79 Å². The molecule has 6 heteroatoms. The molecule has 2 aromatic heterocycles. The van der Waals surface area contributed by atoms with E-state index in [4.69, 9.17) is 0 Å². The van der Waals surface area contributed by atoms with E-state index in [9.17, 15) is 4.79 Å². The van der Waals surface area contributed by atoms with Crippen molar-refractivity contribution >= 4 is 39.2 Å². The highest BCUT2D eigenvalue weighted by molar-refractivity contribution is 8.00. The lowest BCUT2D eigenvalue weighted by Crippen LogP contribution is -2.32. The normalized spacial score (nSPS) is 12.3. The predicted octanol–water partition coefficient (Wildman–Crippen LogP) is 4.76. The lowest BCUT2D eigenvalue weighted by Gasteiger charge is -2.21. The van der Waals surface area contributed by atoms with E-state index in [0.29, 0.717) is 6.54 Å². The van der Waals surface area contributed by atoms with Crippen LogP contribution in [-0.4, -0.2) is 33.1 Å². The van der Waals surface area contributed by atoms with Gasteiger partial charge in [0.25, 0.3) is 0 Å². The van der Waals surface area contributed by atoms with Gasteiger partial charge in [-0.1, -0.05) is 42.1 Å². The zero-order chi connectivity index (χ0) is 18.8. The third-order valence-electron chi connectivity index (χ3n) is 4.38. The van der Waals surface area contributed by atoms with Crippen LogP contribution in [0.3, 0.4) is 0 Å². The molecular formula is C20H23N3OS2. The van der Waals surface area contributed by atoms with Crippen LogP contribution in [0.15, 0.2) is 35.4 Å². The van der Waals surface area contributed by atoms with Crippen molar-refractivity contribution in [1.29, 1.82) is 0 Å². The Labute approximate surface area is 162 Å². The monoisotopic (exact) mass is 385 g/mol. The molecule has 0 aliphatic carbocycles. The van der Waals surface area contributed by atoms with E-state index >= 15 is 0 Å². The fourth-order valence-electron chi connectivity index (χ4n) is 2.86. The zero-order valence-corrected chi connectivity index (χ0v) is 17.4. The first-order chi connectivity index (χ1) is 12.4. The molecule has 0 unspecified atom stereocenters. The molecule has 26 heavy (non-hydrogen) atoms. The van der Waals surface area contributed by atoms with Crippen molar-refractivity contribution in [3.8, 4) is 0 Å². The highest BCUT2D eigenvalue weighted by Crippen LogP contribution is 2.36. The molecular weight excluding hydrogens is 362 g/mol. The maximum Gasteiger partial charge on any atom is 0.235 e. The number of fused-ring (bicyclic) bond motifs is 1. The molecule has 0 bridgehead atoms. The minimum Gasteiger partial charge on any atom is -0.340 e. The smallest absolute Gasteiger partial charge is 0.235 e. The molecule has 0 aliphatic rings. The second kappa shape index (κ2) is 7.76. The Morgan fingerprint density at radius 1 is 1.19 bits per heavy atom. The van der Waals surface area contributed by atoms with E-state index in [0.717, 1.165) is 26.6 Å². The summed E-state index contributed by atoms with van der Waals surface area (Å²) in [5.41, 5.74) is 2.34. The number of hydrogen-bond acceptors (Lipinski definition) is 5. The lowest BCUT2D eigenvalue weighted by molar-refractivity contribution is -0.129. The third-order valence-corrected chi connectivity index (χ3v) is 6.56. The van der Waals surface area contributed by atoms with Crippen LogP contribution in [0.1, 0.15) is 28.8 Å². The number of thiophene rings is 1. The Kier molecular flexibility index (Phi) is 5.63. The minimum absolute atomic E-state index is 0.105. The maximum atomic E-state index is 12.8. The molecule has 4 nitrogen and oxygen atoms in total. The summed E-state index contributed by atoms with van der Waals surface area (Å²) in [6.45, 7) is 8.67. The molecule has 1 atom stereocenters. The van der Waals surface area contributed by atoms with Gasteiger partial charge in [0.05, 0.1) is 5.25 Å². The number of rotatable bonds is 5. The van der Waals surface area contributed by atoms with E-state index in [2.05, 4.69) is 23.8 Å². The van der Waals surface area contributed by atoms with Gasteiger partial charge in [-0.25, -0.2) is 9.97 Å². The number of nitrogens with zero attached hydrogens (tertiary/aromatic N) is 3. The van der Waals surface area contributed by atoms with Crippen LogP contribution >= 0.6 is 23.1 Å². The molecule has 0 spiro atoms. The Balaban J connectivity index is 1.80. The summed E-state index contributed by atoms with van der Waals surface area (Å²) < 4.78 is 0. The number of carbonyl (C=O) groups is 1.